The summed E-state index contributed by atoms with van der Waals surface area (Å²) in [6, 6.07) is 25.8. The number of rotatable bonds is 2. The molecule has 0 radical (unpaired) electrons. The maximum atomic E-state index is 3.63. The first-order valence-corrected chi connectivity index (χ1v) is 10.9. The number of nitrogens with zero attached hydrogens (tertiary/aromatic N) is 2. The first kappa shape index (κ1) is 17.6. The largest absolute Gasteiger partial charge is 0.382 e. The Morgan fingerprint density at radius 3 is 2.57 bits per heavy atom. The first-order valence-electron chi connectivity index (χ1n) is 10.9. The Morgan fingerprint density at radius 2 is 1.70 bits per heavy atom. The van der Waals surface area contributed by atoms with E-state index in [-0.39, 0.29) is 0 Å². The highest BCUT2D eigenvalue weighted by molar-refractivity contribution is 5.87. The van der Waals surface area contributed by atoms with Crippen molar-refractivity contribution in [3.05, 3.63) is 83.4 Å². The van der Waals surface area contributed by atoms with Crippen molar-refractivity contribution in [2.75, 3.05) is 17.3 Å². The van der Waals surface area contributed by atoms with Gasteiger partial charge in [0.05, 0.1) is 6.04 Å². The SMILES string of the molecule is CC1Cc2ccc(C3Cc4ccc(-c5cc6ccccc6n5C)cc4N3C)cc2N1. The van der Waals surface area contributed by atoms with E-state index in [2.05, 4.69) is 103 Å². The maximum Gasteiger partial charge on any atom is 0.0581 e. The average molecular weight is 394 g/mol. The lowest BCUT2D eigenvalue weighted by Gasteiger charge is -2.24. The molecule has 0 saturated carbocycles. The van der Waals surface area contributed by atoms with Crippen LogP contribution in [0.3, 0.4) is 0 Å². The molecule has 2 unspecified atom stereocenters. The average Bonchev–Trinajstić information content (AvgIpc) is 3.40. The van der Waals surface area contributed by atoms with Gasteiger partial charge < -0.3 is 14.8 Å². The molecule has 150 valence electrons. The second-order valence-electron chi connectivity index (χ2n) is 8.99. The molecule has 30 heavy (non-hydrogen) atoms. The van der Waals surface area contributed by atoms with Gasteiger partial charge in [-0.15, -0.1) is 0 Å². The van der Waals surface area contributed by atoms with Crippen molar-refractivity contribution in [1.29, 1.82) is 0 Å². The van der Waals surface area contributed by atoms with Gasteiger partial charge in [-0.2, -0.15) is 0 Å². The predicted molar refractivity (Wildman–Crippen MR) is 126 cm³/mol. The Labute approximate surface area is 177 Å². The second kappa shape index (κ2) is 6.40. The van der Waals surface area contributed by atoms with Crippen molar-refractivity contribution in [2.45, 2.75) is 31.8 Å². The predicted octanol–water partition coefficient (Wildman–Crippen LogP) is 5.94. The molecule has 0 aliphatic carbocycles. The molecule has 4 aromatic rings. The zero-order valence-corrected chi connectivity index (χ0v) is 17.8. The zero-order valence-electron chi connectivity index (χ0n) is 17.8. The van der Waals surface area contributed by atoms with Crippen molar-refractivity contribution in [1.82, 2.24) is 4.57 Å². The lowest BCUT2D eigenvalue weighted by Crippen LogP contribution is -2.19. The number of hydrogen-bond acceptors (Lipinski definition) is 2. The minimum absolute atomic E-state index is 0.394. The minimum Gasteiger partial charge on any atom is -0.382 e. The fraction of sp³-hybridized carbons (Fsp3) is 0.259. The molecule has 0 amide bonds. The van der Waals surface area contributed by atoms with Crippen LogP contribution in [0.4, 0.5) is 11.4 Å². The van der Waals surface area contributed by atoms with Gasteiger partial charge in [-0.1, -0.05) is 42.5 Å². The van der Waals surface area contributed by atoms with E-state index < -0.39 is 0 Å². The summed E-state index contributed by atoms with van der Waals surface area (Å²) in [6.45, 7) is 2.26. The zero-order chi connectivity index (χ0) is 20.4. The molecule has 2 atom stereocenters. The van der Waals surface area contributed by atoms with Crippen molar-refractivity contribution in [3.63, 3.8) is 0 Å². The third-order valence-electron chi connectivity index (χ3n) is 7.04. The maximum absolute atomic E-state index is 3.63. The highest BCUT2D eigenvalue weighted by Gasteiger charge is 2.29. The minimum atomic E-state index is 0.394. The van der Waals surface area contributed by atoms with E-state index in [1.165, 1.54) is 50.2 Å². The number of fused-ring (bicyclic) bond motifs is 3. The van der Waals surface area contributed by atoms with Crippen LogP contribution in [0, 0.1) is 0 Å². The molecule has 0 fully saturated rings. The number of nitrogens with one attached hydrogen (secondary N) is 1. The van der Waals surface area contributed by atoms with Crippen LogP contribution in [0.1, 0.15) is 29.7 Å². The summed E-state index contributed by atoms with van der Waals surface area (Å²) in [7, 11) is 4.40. The van der Waals surface area contributed by atoms with Gasteiger partial charge in [0.1, 0.15) is 0 Å². The molecule has 2 aliphatic rings. The van der Waals surface area contributed by atoms with Crippen LogP contribution < -0.4 is 10.2 Å². The molecular formula is C27H27N3. The Hall–Kier alpha value is -3.20. The summed E-state index contributed by atoms with van der Waals surface area (Å²) < 4.78 is 2.30. The van der Waals surface area contributed by atoms with Gasteiger partial charge >= 0.3 is 0 Å². The number of anilines is 2. The van der Waals surface area contributed by atoms with Crippen LogP contribution in [0.15, 0.2) is 66.7 Å². The number of benzene rings is 3. The highest BCUT2D eigenvalue weighted by Crippen LogP contribution is 2.43. The topological polar surface area (TPSA) is 20.2 Å². The normalized spacial score (nSPS) is 19.8. The lowest BCUT2D eigenvalue weighted by molar-refractivity contribution is 0.716. The third-order valence-corrected chi connectivity index (χ3v) is 7.04. The molecule has 3 nitrogen and oxygen atoms in total. The molecule has 3 aromatic carbocycles. The van der Waals surface area contributed by atoms with Gasteiger partial charge in [-0.25, -0.2) is 0 Å². The van der Waals surface area contributed by atoms with E-state index in [9.17, 15) is 0 Å². The van der Waals surface area contributed by atoms with Crippen molar-refractivity contribution in [3.8, 4) is 11.3 Å². The fourth-order valence-corrected chi connectivity index (χ4v) is 5.40. The first-order chi connectivity index (χ1) is 14.6. The number of para-hydroxylation sites is 1. The van der Waals surface area contributed by atoms with Crippen molar-refractivity contribution in [2.24, 2.45) is 7.05 Å². The van der Waals surface area contributed by atoms with Crippen molar-refractivity contribution >= 4 is 22.3 Å². The Balaban J connectivity index is 1.36. The number of hydrogen-bond donors (Lipinski definition) is 1. The van der Waals surface area contributed by atoms with Gasteiger partial charge in [0.25, 0.3) is 0 Å². The van der Waals surface area contributed by atoms with Crippen molar-refractivity contribution < 1.29 is 0 Å². The molecule has 0 saturated heterocycles. The van der Waals surface area contributed by atoms with Gasteiger partial charge in [-0.3, -0.25) is 0 Å². The van der Waals surface area contributed by atoms with Crippen LogP contribution in [0.25, 0.3) is 22.2 Å². The molecule has 6 rings (SSSR count). The molecule has 3 heterocycles. The molecule has 3 heteroatoms. The van der Waals surface area contributed by atoms with E-state index in [4.69, 9.17) is 0 Å². The summed E-state index contributed by atoms with van der Waals surface area (Å²) >= 11 is 0. The van der Waals surface area contributed by atoms with E-state index in [0.29, 0.717) is 12.1 Å². The van der Waals surface area contributed by atoms with Gasteiger partial charge in [0.15, 0.2) is 0 Å². The Bertz CT molecular complexity index is 1280. The van der Waals surface area contributed by atoms with Gasteiger partial charge in [-0.05, 0) is 60.7 Å². The van der Waals surface area contributed by atoms with E-state index in [1.54, 1.807) is 0 Å². The lowest BCUT2D eigenvalue weighted by atomic mass is 9.99. The van der Waals surface area contributed by atoms with Gasteiger partial charge in [0.2, 0.25) is 0 Å². The monoisotopic (exact) mass is 393 g/mol. The summed E-state index contributed by atoms with van der Waals surface area (Å²) in [4.78, 5) is 2.46. The summed E-state index contributed by atoms with van der Waals surface area (Å²) in [5.41, 5.74) is 10.8. The van der Waals surface area contributed by atoms with E-state index >= 15 is 0 Å². The van der Waals surface area contributed by atoms with Crippen LogP contribution in [0.2, 0.25) is 0 Å². The second-order valence-corrected chi connectivity index (χ2v) is 8.99. The number of likely N-dealkylation sites (N-methyl/N-ethyl adjacent to an activating group) is 1. The van der Waals surface area contributed by atoms with E-state index in [1.807, 2.05) is 0 Å². The summed E-state index contributed by atoms with van der Waals surface area (Å²) in [6.07, 6.45) is 2.19. The third kappa shape index (κ3) is 2.58. The standard InChI is InChI=1S/C27H27N3/c1-17-12-18-8-9-20(13-23(18)28-17)25-15-22-11-10-21(16-27(22)30(25)3)26-14-19-6-4-5-7-24(19)29(26)2/h4-11,13-14,16-17,25,28H,12,15H2,1-3H3. The van der Waals surface area contributed by atoms with E-state index in [0.717, 1.165) is 12.8 Å². The van der Waals surface area contributed by atoms with Crippen LogP contribution >= 0.6 is 0 Å². The van der Waals surface area contributed by atoms with Gasteiger partial charge in [0, 0.05) is 53.7 Å². The quantitative estimate of drug-likeness (QED) is 0.455. The van der Waals surface area contributed by atoms with Crippen LogP contribution in [-0.2, 0) is 19.9 Å². The Morgan fingerprint density at radius 1 is 0.867 bits per heavy atom. The van der Waals surface area contributed by atoms with Crippen LogP contribution in [-0.4, -0.2) is 17.7 Å². The highest BCUT2D eigenvalue weighted by atomic mass is 15.2. The molecule has 2 aliphatic heterocycles. The molecule has 1 aromatic heterocycles. The molecular weight excluding hydrogens is 366 g/mol. The number of aromatic nitrogens is 1. The molecule has 0 bridgehead atoms. The molecule has 1 N–H and O–H groups in total. The van der Waals surface area contributed by atoms with Crippen LogP contribution in [0.5, 0.6) is 0 Å². The fourth-order valence-electron chi connectivity index (χ4n) is 5.40. The smallest absolute Gasteiger partial charge is 0.0581 e. The summed E-state index contributed by atoms with van der Waals surface area (Å²) in [5, 5.41) is 4.92. The Kier molecular flexibility index (Phi) is 3.76. The number of aryl methyl sites for hydroxylation is 1. The molecule has 0 spiro atoms. The summed E-state index contributed by atoms with van der Waals surface area (Å²) in [5.74, 6) is 0.